The summed E-state index contributed by atoms with van der Waals surface area (Å²) in [4.78, 5) is 35.3. The second-order valence-corrected chi connectivity index (χ2v) is 5.55. The number of carbonyl (C=O) groups excluding carboxylic acids is 2. The summed E-state index contributed by atoms with van der Waals surface area (Å²) < 4.78 is 4.78. The molecule has 2 heterocycles. The number of esters is 1. The monoisotopic (exact) mass is 287 g/mol. The van der Waals surface area contributed by atoms with Gasteiger partial charge < -0.3 is 14.9 Å². The van der Waals surface area contributed by atoms with Crippen molar-refractivity contribution < 1.29 is 29.3 Å². The van der Waals surface area contributed by atoms with Crippen molar-refractivity contribution in [1.29, 1.82) is 0 Å². The number of hydrogen-bond acceptors (Lipinski definition) is 6. The van der Waals surface area contributed by atoms with E-state index < -0.39 is 35.2 Å². The number of thioether (sulfide) groups is 1. The average molecular weight is 287 g/mol. The predicted octanol–water partition coefficient (Wildman–Crippen LogP) is -0.242. The summed E-state index contributed by atoms with van der Waals surface area (Å²) in [5.41, 5.74) is -0.154. The standard InChI is InChI=1S/C11H13NO6S/c1-4(13)7-9(15)12-8(11(16)17)6(19-10(7)12)3-18-5(2)14/h4,7,10,13H,3H2,1-2H3,(H,16,17)/t4-,7+,10-/m1/s1. The van der Waals surface area contributed by atoms with E-state index in [-0.39, 0.29) is 12.3 Å². The van der Waals surface area contributed by atoms with Crippen LogP contribution in [0.25, 0.3) is 0 Å². The number of fused-ring (bicyclic) bond motifs is 1. The Morgan fingerprint density at radius 2 is 2.16 bits per heavy atom. The molecule has 0 saturated carbocycles. The molecule has 2 aliphatic rings. The third-order valence-corrected chi connectivity index (χ3v) is 4.32. The molecule has 0 bridgehead atoms. The average Bonchev–Trinajstić information content (AvgIpc) is 2.60. The molecular formula is C11H13NO6S. The molecular weight excluding hydrogens is 274 g/mol. The number of carbonyl (C=O) groups is 3. The third-order valence-electron chi connectivity index (χ3n) is 2.98. The Morgan fingerprint density at radius 1 is 1.53 bits per heavy atom. The number of aliphatic hydroxyl groups excluding tert-OH is 1. The van der Waals surface area contributed by atoms with E-state index >= 15 is 0 Å². The van der Waals surface area contributed by atoms with Crippen LogP contribution in [0.15, 0.2) is 10.6 Å². The van der Waals surface area contributed by atoms with Crippen molar-refractivity contribution in [2.24, 2.45) is 5.92 Å². The van der Waals surface area contributed by atoms with E-state index in [1.807, 2.05) is 0 Å². The van der Waals surface area contributed by atoms with Gasteiger partial charge in [0.2, 0.25) is 5.91 Å². The molecule has 0 unspecified atom stereocenters. The summed E-state index contributed by atoms with van der Waals surface area (Å²) in [5.74, 6) is -2.79. The molecule has 0 aromatic rings. The number of aliphatic carboxylic acids is 1. The molecule has 2 aliphatic heterocycles. The van der Waals surface area contributed by atoms with Crippen LogP contribution in [0.3, 0.4) is 0 Å². The fraction of sp³-hybridized carbons (Fsp3) is 0.545. The van der Waals surface area contributed by atoms with Crippen LogP contribution in [-0.4, -0.2) is 51.0 Å². The molecule has 3 atom stereocenters. The van der Waals surface area contributed by atoms with Gasteiger partial charge in [0.05, 0.1) is 16.9 Å². The number of ether oxygens (including phenoxy) is 1. The molecule has 2 N–H and O–H groups in total. The zero-order valence-corrected chi connectivity index (χ0v) is 11.1. The van der Waals surface area contributed by atoms with Gasteiger partial charge in [-0.1, -0.05) is 11.8 Å². The van der Waals surface area contributed by atoms with Gasteiger partial charge in [-0.3, -0.25) is 14.5 Å². The van der Waals surface area contributed by atoms with Gasteiger partial charge in [0.1, 0.15) is 17.7 Å². The molecule has 8 heteroatoms. The van der Waals surface area contributed by atoms with Crippen LogP contribution in [0.1, 0.15) is 13.8 Å². The van der Waals surface area contributed by atoms with Crippen LogP contribution < -0.4 is 0 Å². The second kappa shape index (κ2) is 4.86. The minimum atomic E-state index is -1.24. The number of amides is 1. The molecule has 0 spiro atoms. The molecule has 1 amide bonds. The highest BCUT2D eigenvalue weighted by atomic mass is 32.2. The lowest BCUT2D eigenvalue weighted by Gasteiger charge is -2.43. The normalized spacial score (nSPS) is 26.9. The number of hydrogen-bond donors (Lipinski definition) is 2. The molecule has 1 fully saturated rings. The quantitative estimate of drug-likeness (QED) is 0.543. The topological polar surface area (TPSA) is 104 Å². The van der Waals surface area contributed by atoms with Gasteiger partial charge in [-0.2, -0.15) is 0 Å². The Kier molecular flexibility index (Phi) is 3.55. The maximum absolute atomic E-state index is 11.8. The summed E-state index contributed by atoms with van der Waals surface area (Å²) >= 11 is 1.15. The number of rotatable bonds is 4. The van der Waals surface area contributed by atoms with E-state index in [9.17, 15) is 19.5 Å². The Morgan fingerprint density at radius 3 is 2.63 bits per heavy atom. The van der Waals surface area contributed by atoms with E-state index in [0.717, 1.165) is 16.7 Å². The Hall–Kier alpha value is -1.54. The summed E-state index contributed by atoms with van der Waals surface area (Å²) in [6.07, 6.45) is -0.843. The molecule has 2 rings (SSSR count). The van der Waals surface area contributed by atoms with E-state index in [2.05, 4.69) is 0 Å². The second-order valence-electron chi connectivity index (χ2n) is 4.34. The summed E-state index contributed by atoms with van der Waals surface area (Å²) in [6.45, 7) is 2.54. The third kappa shape index (κ3) is 2.21. The first kappa shape index (κ1) is 13.9. The predicted molar refractivity (Wildman–Crippen MR) is 64.7 cm³/mol. The van der Waals surface area contributed by atoms with Crippen molar-refractivity contribution in [3.05, 3.63) is 10.6 Å². The van der Waals surface area contributed by atoms with E-state index in [1.54, 1.807) is 0 Å². The van der Waals surface area contributed by atoms with Crippen molar-refractivity contribution >= 4 is 29.6 Å². The van der Waals surface area contributed by atoms with Crippen LogP contribution in [-0.2, 0) is 19.1 Å². The highest BCUT2D eigenvalue weighted by Crippen LogP contribution is 2.50. The maximum Gasteiger partial charge on any atom is 0.353 e. The SMILES string of the molecule is CC(=O)OCC1=C(C(=O)O)N2C(=O)[C@H]([C@@H](C)O)[C@H]2S1. The first-order valence-corrected chi connectivity index (χ1v) is 6.50. The Balaban J connectivity index is 2.21. The van der Waals surface area contributed by atoms with Crippen molar-refractivity contribution in [3.8, 4) is 0 Å². The van der Waals surface area contributed by atoms with Gasteiger partial charge >= 0.3 is 11.9 Å². The first-order valence-electron chi connectivity index (χ1n) is 5.62. The molecule has 0 aromatic carbocycles. The molecule has 0 radical (unpaired) electrons. The number of carboxylic acids is 1. The van der Waals surface area contributed by atoms with Crippen LogP contribution in [0.2, 0.25) is 0 Å². The van der Waals surface area contributed by atoms with E-state index in [4.69, 9.17) is 9.84 Å². The first-order chi connectivity index (χ1) is 8.84. The van der Waals surface area contributed by atoms with Gasteiger partial charge in [0.25, 0.3) is 0 Å². The largest absolute Gasteiger partial charge is 0.477 e. The number of aliphatic hydroxyl groups is 1. The minimum absolute atomic E-state index is 0.154. The van der Waals surface area contributed by atoms with Gasteiger partial charge in [-0.25, -0.2) is 4.79 Å². The van der Waals surface area contributed by atoms with Crippen molar-refractivity contribution in [2.45, 2.75) is 25.3 Å². The lowest BCUT2D eigenvalue weighted by atomic mass is 9.92. The smallest absolute Gasteiger partial charge is 0.353 e. The van der Waals surface area contributed by atoms with Gasteiger partial charge in [-0.05, 0) is 6.92 Å². The highest BCUT2D eigenvalue weighted by Gasteiger charge is 2.57. The van der Waals surface area contributed by atoms with Crippen molar-refractivity contribution in [2.75, 3.05) is 6.61 Å². The molecule has 0 aromatic heterocycles. The zero-order chi connectivity index (χ0) is 14.3. The molecule has 0 aliphatic carbocycles. The van der Waals surface area contributed by atoms with Crippen LogP contribution in [0.4, 0.5) is 0 Å². The van der Waals surface area contributed by atoms with E-state index in [1.165, 1.54) is 13.8 Å². The fourth-order valence-electron chi connectivity index (χ4n) is 2.12. The Labute approximate surface area is 113 Å². The molecule has 7 nitrogen and oxygen atoms in total. The minimum Gasteiger partial charge on any atom is -0.477 e. The number of nitrogens with zero attached hydrogens (tertiary/aromatic N) is 1. The Bertz CT molecular complexity index is 486. The number of β-lactam (4-membered cyclic amide) rings is 1. The summed E-state index contributed by atoms with van der Waals surface area (Å²) in [7, 11) is 0. The molecule has 104 valence electrons. The van der Waals surface area contributed by atoms with Gasteiger partial charge in [0.15, 0.2) is 0 Å². The summed E-state index contributed by atoms with van der Waals surface area (Å²) in [6, 6.07) is 0. The zero-order valence-electron chi connectivity index (χ0n) is 10.3. The van der Waals surface area contributed by atoms with E-state index in [0.29, 0.717) is 4.91 Å². The molecule has 1 saturated heterocycles. The highest BCUT2D eigenvalue weighted by molar-refractivity contribution is 8.04. The number of carboxylic acid groups (broad SMARTS) is 1. The van der Waals surface area contributed by atoms with Crippen LogP contribution in [0, 0.1) is 5.92 Å². The van der Waals surface area contributed by atoms with Crippen LogP contribution >= 0.6 is 11.8 Å². The lowest BCUT2D eigenvalue weighted by molar-refractivity contribution is -0.156. The lowest BCUT2D eigenvalue weighted by Crippen LogP contribution is -2.60. The fourth-order valence-corrected chi connectivity index (χ4v) is 3.64. The summed E-state index contributed by atoms with van der Waals surface area (Å²) in [5, 5.41) is 18.2. The maximum atomic E-state index is 11.8. The van der Waals surface area contributed by atoms with Gasteiger partial charge in [-0.15, -0.1) is 0 Å². The van der Waals surface area contributed by atoms with Crippen molar-refractivity contribution in [3.63, 3.8) is 0 Å². The van der Waals surface area contributed by atoms with Gasteiger partial charge in [0, 0.05) is 6.92 Å². The molecule has 19 heavy (non-hydrogen) atoms. The van der Waals surface area contributed by atoms with Crippen molar-refractivity contribution in [1.82, 2.24) is 4.90 Å². The van der Waals surface area contributed by atoms with Crippen LogP contribution in [0.5, 0.6) is 0 Å².